The monoisotopic (exact) mass is 372 g/mol. The molecule has 25 heavy (non-hydrogen) atoms. The van der Waals surface area contributed by atoms with Gasteiger partial charge in [-0.25, -0.2) is 13.1 Å². The fraction of sp³-hybridized carbons (Fsp3) is 0.188. The molecule has 0 unspecified atom stereocenters. The van der Waals surface area contributed by atoms with E-state index >= 15 is 0 Å². The van der Waals surface area contributed by atoms with Crippen LogP contribution in [0, 0.1) is 0 Å². The summed E-state index contributed by atoms with van der Waals surface area (Å²) in [5.41, 5.74) is -0.600. The number of halogens is 3. The van der Waals surface area contributed by atoms with Crippen molar-refractivity contribution in [1.29, 1.82) is 0 Å². The molecule has 1 N–H and O–H groups in total. The van der Waals surface area contributed by atoms with Crippen LogP contribution in [0.3, 0.4) is 0 Å². The summed E-state index contributed by atoms with van der Waals surface area (Å²) in [7, 11) is -2.75. The van der Waals surface area contributed by atoms with E-state index in [1.165, 1.54) is 13.3 Å². The van der Waals surface area contributed by atoms with Gasteiger partial charge in [-0.1, -0.05) is 35.5 Å². The molecule has 9 heteroatoms. The van der Waals surface area contributed by atoms with Crippen molar-refractivity contribution >= 4 is 16.2 Å². The maximum absolute atomic E-state index is 13.0. The number of alkyl halides is 3. The standard InChI is InChI=1S/C16H15F3N2O3S/c1-24-20-9-10-21-25(22,23)15-8-7-13(16(17,18)19)11-14(15)12-5-3-2-4-6-12/h2-9,11,21H,10H2,1H3. The van der Waals surface area contributed by atoms with Crippen molar-refractivity contribution in [2.24, 2.45) is 5.16 Å². The number of hydrogen-bond acceptors (Lipinski definition) is 4. The lowest BCUT2D eigenvalue weighted by molar-refractivity contribution is -0.137. The zero-order chi connectivity index (χ0) is 18.5. The Morgan fingerprint density at radius 2 is 1.84 bits per heavy atom. The van der Waals surface area contributed by atoms with E-state index in [4.69, 9.17) is 0 Å². The fourth-order valence-corrected chi connectivity index (χ4v) is 3.28. The Labute approximate surface area is 143 Å². The van der Waals surface area contributed by atoms with Gasteiger partial charge >= 0.3 is 6.18 Å². The van der Waals surface area contributed by atoms with Crippen LogP contribution in [0.5, 0.6) is 0 Å². The van der Waals surface area contributed by atoms with Crippen LogP contribution in [-0.2, 0) is 21.0 Å². The molecule has 2 aromatic rings. The molecule has 0 saturated heterocycles. The Morgan fingerprint density at radius 1 is 1.16 bits per heavy atom. The van der Waals surface area contributed by atoms with Crippen molar-refractivity contribution in [3.05, 3.63) is 54.1 Å². The first kappa shape index (κ1) is 18.9. The van der Waals surface area contributed by atoms with Crippen LogP contribution >= 0.6 is 0 Å². The van der Waals surface area contributed by atoms with Crippen LogP contribution in [0.25, 0.3) is 11.1 Å². The van der Waals surface area contributed by atoms with E-state index in [1.54, 1.807) is 30.3 Å². The number of rotatable bonds is 6. The van der Waals surface area contributed by atoms with E-state index in [2.05, 4.69) is 14.7 Å². The molecular weight excluding hydrogens is 357 g/mol. The third kappa shape index (κ3) is 4.80. The Hall–Kier alpha value is -2.39. The molecule has 0 spiro atoms. The summed E-state index contributed by atoms with van der Waals surface area (Å²) in [5, 5.41) is 3.39. The average Bonchev–Trinajstić information content (AvgIpc) is 2.58. The number of oxime groups is 1. The van der Waals surface area contributed by atoms with Gasteiger partial charge in [0.1, 0.15) is 7.11 Å². The van der Waals surface area contributed by atoms with E-state index in [9.17, 15) is 21.6 Å². The lowest BCUT2D eigenvalue weighted by Crippen LogP contribution is -2.26. The lowest BCUT2D eigenvalue weighted by Gasteiger charge is -2.14. The smallest absolute Gasteiger partial charge is 0.399 e. The second-order valence-electron chi connectivity index (χ2n) is 4.90. The van der Waals surface area contributed by atoms with Crippen molar-refractivity contribution < 1.29 is 26.4 Å². The third-order valence-corrected chi connectivity index (χ3v) is 4.71. The molecule has 0 aliphatic carbocycles. The van der Waals surface area contributed by atoms with E-state index in [-0.39, 0.29) is 17.0 Å². The summed E-state index contributed by atoms with van der Waals surface area (Å²) in [6.07, 6.45) is -3.39. The average molecular weight is 372 g/mol. The highest BCUT2D eigenvalue weighted by Crippen LogP contribution is 2.35. The molecule has 0 aliphatic heterocycles. The van der Waals surface area contributed by atoms with Crippen LogP contribution in [0.4, 0.5) is 13.2 Å². The SMILES string of the molecule is CON=CCNS(=O)(=O)c1ccc(C(F)(F)F)cc1-c1ccccc1. The summed E-state index contributed by atoms with van der Waals surface area (Å²) >= 11 is 0. The Bertz CT molecular complexity index is 851. The number of nitrogens with one attached hydrogen (secondary N) is 1. The molecule has 0 fully saturated rings. The second-order valence-corrected chi connectivity index (χ2v) is 6.63. The zero-order valence-corrected chi connectivity index (χ0v) is 13.9. The van der Waals surface area contributed by atoms with Crippen molar-refractivity contribution in [1.82, 2.24) is 4.72 Å². The van der Waals surface area contributed by atoms with Gasteiger partial charge in [0.15, 0.2) is 0 Å². The topological polar surface area (TPSA) is 67.8 Å². The number of sulfonamides is 1. The highest BCUT2D eigenvalue weighted by Gasteiger charge is 2.32. The molecule has 0 bridgehead atoms. The van der Waals surface area contributed by atoms with Crippen LogP contribution in [-0.4, -0.2) is 28.3 Å². The van der Waals surface area contributed by atoms with Crippen LogP contribution in [0.1, 0.15) is 5.56 Å². The molecule has 134 valence electrons. The van der Waals surface area contributed by atoms with E-state index in [0.717, 1.165) is 18.2 Å². The molecule has 0 aromatic heterocycles. The minimum Gasteiger partial charge on any atom is -0.399 e. The Balaban J connectivity index is 2.52. The molecule has 2 rings (SSSR count). The zero-order valence-electron chi connectivity index (χ0n) is 13.1. The quantitative estimate of drug-likeness (QED) is 0.625. The molecular formula is C16H15F3N2O3S. The first-order chi connectivity index (χ1) is 11.8. The number of hydrogen-bond donors (Lipinski definition) is 1. The van der Waals surface area contributed by atoms with E-state index in [1.807, 2.05) is 0 Å². The molecule has 2 aromatic carbocycles. The van der Waals surface area contributed by atoms with Gasteiger partial charge in [-0.2, -0.15) is 13.2 Å². The summed E-state index contributed by atoms with van der Waals surface area (Å²) in [6, 6.07) is 10.5. The van der Waals surface area contributed by atoms with Gasteiger partial charge in [0.25, 0.3) is 0 Å². The van der Waals surface area contributed by atoms with Gasteiger partial charge in [-0.05, 0) is 23.8 Å². The third-order valence-electron chi connectivity index (χ3n) is 3.23. The summed E-state index contributed by atoms with van der Waals surface area (Å²) in [4.78, 5) is 4.17. The van der Waals surface area contributed by atoms with Gasteiger partial charge in [0.2, 0.25) is 10.0 Å². The molecule has 0 aliphatic rings. The summed E-state index contributed by atoms with van der Waals surface area (Å²) in [5.74, 6) is 0. The summed E-state index contributed by atoms with van der Waals surface area (Å²) in [6.45, 7) is -0.161. The highest BCUT2D eigenvalue weighted by molar-refractivity contribution is 7.89. The molecule has 0 radical (unpaired) electrons. The Morgan fingerprint density at radius 3 is 2.44 bits per heavy atom. The number of benzene rings is 2. The van der Waals surface area contributed by atoms with E-state index < -0.39 is 21.8 Å². The fourth-order valence-electron chi connectivity index (χ4n) is 2.12. The van der Waals surface area contributed by atoms with Gasteiger partial charge in [-0.3, -0.25) is 0 Å². The van der Waals surface area contributed by atoms with Crippen LogP contribution in [0.2, 0.25) is 0 Å². The van der Waals surface area contributed by atoms with Crippen molar-refractivity contribution in [2.45, 2.75) is 11.1 Å². The van der Waals surface area contributed by atoms with Gasteiger partial charge in [0.05, 0.1) is 16.7 Å². The normalized spacial score (nSPS) is 12.5. The van der Waals surface area contributed by atoms with Gasteiger partial charge in [0, 0.05) is 12.1 Å². The molecule has 0 heterocycles. The minimum absolute atomic E-state index is 0.0356. The maximum Gasteiger partial charge on any atom is 0.416 e. The van der Waals surface area contributed by atoms with Crippen molar-refractivity contribution in [3.8, 4) is 11.1 Å². The number of nitrogens with zero attached hydrogens (tertiary/aromatic N) is 1. The van der Waals surface area contributed by atoms with Crippen molar-refractivity contribution in [3.63, 3.8) is 0 Å². The maximum atomic E-state index is 13.0. The largest absolute Gasteiger partial charge is 0.416 e. The van der Waals surface area contributed by atoms with E-state index in [0.29, 0.717) is 5.56 Å². The second kappa shape index (κ2) is 7.66. The molecule has 0 atom stereocenters. The van der Waals surface area contributed by atoms with Crippen LogP contribution < -0.4 is 4.72 Å². The van der Waals surface area contributed by atoms with Gasteiger partial charge < -0.3 is 4.84 Å². The lowest BCUT2D eigenvalue weighted by atomic mass is 10.0. The first-order valence-corrected chi connectivity index (χ1v) is 8.55. The molecule has 0 saturated carbocycles. The van der Waals surface area contributed by atoms with Crippen LogP contribution in [0.15, 0.2) is 58.6 Å². The Kier molecular flexibility index (Phi) is 5.81. The van der Waals surface area contributed by atoms with Gasteiger partial charge in [-0.15, -0.1) is 0 Å². The predicted molar refractivity (Wildman–Crippen MR) is 87.6 cm³/mol. The highest BCUT2D eigenvalue weighted by atomic mass is 32.2. The molecule has 5 nitrogen and oxygen atoms in total. The molecule has 0 amide bonds. The summed E-state index contributed by atoms with van der Waals surface area (Å²) < 4.78 is 66.2. The minimum atomic E-state index is -4.58. The van der Waals surface area contributed by atoms with Crippen molar-refractivity contribution in [2.75, 3.05) is 13.7 Å². The first-order valence-electron chi connectivity index (χ1n) is 7.07. The predicted octanol–water partition coefficient (Wildman–Crippen LogP) is 3.28.